The number of carboxylic acid groups (broad SMARTS) is 1. The van der Waals surface area contributed by atoms with Crippen LogP contribution in [-0.2, 0) is 9.59 Å². The molecule has 0 spiro atoms. The van der Waals surface area contributed by atoms with Gasteiger partial charge in [-0.3, -0.25) is 4.79 Å². The Balaban J connectivity index is 2.13. The van der Waals surface area contributed by atoms with Gasteiger partial charge in [-0.15, -0.1) is 0 Å². The Hall–Kier alpha value is -1.10. The van der Waals surface area contributed by atoms with E-state index in [9.17, 15) is 9.59 Å². The van der Waals surface area contributed by atoms with E-state index in [1.807, 2.05) is 0 Å². The number of aliphatic carboxylic acids is 1. The van der Waals surface area contributed by atoms with Crippen LogP contribution in [0, 0.1) is 5.41 Å². The smallest absolute Gasteiger partial charge is 0.326 e. The lowest BCUT2D eigenvalue weighted by Crippen LogP contribution is -2.57. The number of carbonyl (C=O) groups is 2. The van der Waals surface area contributed by atoms with E-state index in [1.165, 1.54) is 0 Å². The van der Waals surface area contributed by atoms with Crippen molar-refractivity contribution in [1.29, 1.82) is 0 Å². The van der Waals surface area contributed by atoms with Crippen molar-refractivity contribution >= 4 is 11.9 Å². The number of piperidine rings is 1. The molecule has 0 bridgehead atoms. The van der Waals surface area contributed by atoms with Crippen LogP contribution < -0.4 is 5.73 Å². The van der Waals surface area contributed by atoms with E-state index >= 15 is 0 Å². The molecule has 17 heavy (non-hydrogen) atoms. The molecule has 0 aromatic heterocycles. The van der Waals surface area contributed by atoms with Gasteiger partial charge in [-0.1, -0.05) is 6.42 Å². The maximum absolute atomic E-state index is 12.4. The zero-order valence-corrected chi connectivity index (χ0v) is 10.0. The predicted octanol–water partition coefficient (Wildman–Crippen LogP) is 0.581. The Morgan fingerprint density at radius 2 is 2.00 bits per heavy atom. The van der Waals surface area contributed by atoms with Crippen molar-refractivity contribution in [1.82, 2.24) is 4.90 Å². The minimum atomic E-state index is -0.885. The minimum Gasteiger partial charge on any atom is -0.480 e. The van der Waals surface area contributed by atoms with Crippen LogP contribution in [0.25, 0.3) is 0 Å². The fourth-order valence-electron chi connectivity index (χ4n) is 2.84. The summed E-state index contributed by atoms with van der Waals surface area (Å²) in [5.74, 6) is -0.914. The zero-order valence-electron chi connectivity index (χ0n) is 10.0. The van der Waals surface area contributed by atoms with Gasteiger partial charge in [0, 0.05) is 13.1 Å². The van der Waals surface area contributed by atoms with Crippen LogP contribution in [0.1, 0.15) is 38.5 Å². The third-order valence-corrected chi connectivity index (χ3v) is 4.20. The SMILES string of the molecule is NCC1(C(=O)N2CCCC[C@@H]2C(=O)O)CCC1. The maximum Gasteiger partial charge on any atom is 0.326 e. The van der Waals surface area contributed by atoms with E-state index in [4.69, 9.17) is 10.8 Å². The molecule has 0 aromatic rings. The fourth-order valence-corrected chi connectivity index (χ4v) is 2.84. The van der Waals surface area contributed by atoms with Gasteiger partial charge in [0.1, 0.15) is 6.04 Å². The first-order chi connectivity index (χ1) is 8.10. The van der Waals surface area contributed by atoms with Crippen LogP contribution >= 0.6 is 0 Å². The Bertz CT molecular complexity index is 320. The summed E-state index contributed by atoms with van der Waals surface area (Å²) in [7, 11) is 0. The number of carboxylic acids is 1. The molecule has 1 aliphatic carbocycles. The maximum atomic E-state index is 12.4. The normalized spacial score (nSPS) is 27.4. The molecule has 2 aliphatic rings. The second-order valence-electron chi connectivity index (χ2n) is 5.19. The molecule has 1 amide bonds. The van der Waals surface area contributed by atoms with E-state index in [0.717, 1.165) is 32.1 Å². The summed E-state index contributed by atoms with van der Waals surface area (Å²) in [6.45, 7) is 0.909. The van der Waals surface area contributed by atoms with Crippen molar-refractivity contribution in [3.63, 3.8) is 0 Å². The molecule has 0 aromatic carbocycles. The highest BCUT2D eigenvalue weighted by Crippen LogP contribution is 2.42. The van der Waals surface area contributed by atoms with Gasteiger partial charge in [0.2, 0.25) is 5.91 Å². The van der Waals surface area contributed by atoms with Gasteiger partial charge < -0.3 is 15.7 Å². The summed E-state index contributed by atoms with van der Waals surface area (Å²) >= 11 is 0. The van der Waals surface area contributed by atoms with Gasteiger partial charge in [-0.2, -0.15) is 0 Å². The van der Waals surface area contributed by atoms with Gasteiger partial charge in [-0.05, 0) is 32.1 Å². The first kappa shape index (κ1) is 12.4. The average Bonchev–Trinajstić information content (AvgIpc) is 2.28. The summed E-state index contributed by atoms with van der Waals surface area (Å²) in [6.07, 6.45) is 5.00. The molecule has 3 N–H and O–H groups in total. The topological polar surface area (TPSA) is 83.6 Å². The zero-order chi connectivity index (χ0) is 12.5. The molecule has 1 saturated heterocycles. The van der Waals surface area contributed by atoms with Crippen LogP contribution in [0.3, 0.4) is 0 Å². The van der Waals surface area contributed by atoms with E-state index in [2.05, 4.69) is 0 Å². The van der Waals surface area contributed by atoms with Crippen LogP contribution in [-0.4, -0.2) is 41.0 Å². The number of amides is 1. The minimum absolute atomic E-state index is 0.0293. The Labute approximate surface area is 101 Å². The van der Waals surface area contributed by atoms with Gasteiger partial charge in [0.05, 0.1) is 5.41 Å². The standard InChI is InChI=1S/C12H20N2O3/c13-8-12(5-3-6-12)11(17)14-7-2-1-4-9(14)10(15)16/h9H,1-8,13H2,(H,15,16)/t9-/m1/s1. The Morgan fingerprint density at radius 3 is 2.47 bits per heavy atom. The molecule has 5 nitrogen and oxygen atoms in total. The summed E-state index contributed by atoms with van der Waals surface area (Å²) in [5, 5.41) is 9.16. The molecular formula is C12H20N2O3. The number of hydrogen-bond donors (Lipinski definition) is 2. The lowest BCUT2D eigenvalue weighted by Gasteiger charge is -2.45. The second-order valence-corrected chi connectivity index (χ2v) is 5.19. The molecule has 1 heterocycles. The van der Waals surface area contributed by atoms with Gasteiger partial charge in [0.15, 0.2) is 0 Å². The molecule has 96 valence electrons. The number of nitrogens with two attached hydrogens (primary N) is 1. The Morgan fingerprint density at radius 1 is 1.29 bits per heavy atom. The van der Waals surface area contributed by atoms with Gasteiger partial charge in [-0.25, -0.2) is 4.79 Å². The molecule has 0 unspecified atom stereocenters. The number of hydrogen-bond acceptors (Lipinski definition) is 3. The average molecular weight is 240 g/mol. The van der Waals surface area contributed by atoms with Crippen LogP contribution in [0.2, 0.25) is 0 Å². The second kappa shape index (κ2) is 4.64. The first-order valence-corrected chi connectivity index (χ1v) is 6.35. The fraction of sp³-hybridized carbons (Fsp3) is 0.833. The summed E-state index contributed by atoms with van der Waals surface area (Å²) in [4.78, 5) is 25.1. The number of likely N-dealkylation sites (tertiary alicyclic amines) is 1. The van der Waals surface area contributed by atoms with Crippen LogP contribution in [0.15, 0.2) is 0 Å². The third-order valence-electron chi connectivity index (χ3n) is 4.20. The molecular weight excluding hydrogens is 220 g/mol. The molecule has 0 radical (unpaired) electrons. The van der Waals surface area contributed by atoms with E-state index in [0.29, 0.717) is 19.5 Å². The number of carbonyl (C=O) groups excluding carboxylic acids is 1. The van der Waals surface area contributed by atoms with Crippen molar-refractivity contribution in [2.24, 2.45) is 11.1 Å². The lowest BCUT2D eigenvalue weighted by atomic mass is 9.67. The monoisotopic (exact) mass is 240 g/mol. The molecule has 1 aliphatic heterocycles. The quantitative estimate of drug-likeness (QED) is 0.756. The lowest BCUT2D eigenvalue weighted by molar-refractivity contribution is -0.160. The molecule has 2 rings (SSSR count). The molecule has 1 saturated carbocycles. The highest BCUT2D eigenvalue weighted by molar-refractivity contribution is 5.88. The number of rotatable bonds is 3. The molecule has 1 atom stereocenters. The highest BCUT2D eigenvalue weighted by atomic mass is 16.4. The van der Waals surface area contributed by atoms with Crippen molar-refractivity contribution in [2.45, 2.75) is 44.6 Å². The third kappa shape index (κ3) is 2.04. The van der Waals surface area contributed by atoms with Gasteiger partial charge >= 0.3 is 5.97 Å². The summed E-state index contributed by atoms with van der Waals surface area (Å²) in [5.41, 5.74) is 5.25. The molecule has 2 fully saturated rings. The number of nitrogens with zero attached hydrogens (tertiary/aromatic N) is 1. The van der Waals surface area contributed by atoms with Crippen LogP contribution in [0.5, 0.6) is 0 Å². The van der Waals surface area contributed by atoms with Crippen molar-refractivity contribution in [3.05, 3.63) is 0 Å². The van der Waals surface area contributed by atoms with E-state index in [-0.39, 0.29) is 5.91 Å². The Kier molecular flexibility index (Phi) is 3.38. The van der Waals surface area contributed by atoms with Crippen LogP contribution in [0.4, 0.5) is 0 Å². The summed E-state index contributed by atoms with van der Waals surface area (Å²) in [6, 6.07) is -0.639. The van der Waals surface area contributed by atoms with Crippen molar-refractivity contribution in [3.8, 4) is 0 Å². The van der Waals surface area contributed by atoms with Gasteiger partial charge in [0.25, 0.3) is 0 Å². The largest absolute Gasteiger partial charge is 0.480 e. The van der Waals surface area contributed by atoms with Crippen molar-refractivity contribution < 1.29 is 14.7 Å². The summed E-state index contributed by atoms with van der Waals surface area (Å²) < 4.78 is 0. The highest BCUT2D eigenvalue weighted by Gasteiger charge is 2.47. The van der Waals surface area contributed by atoms with E-state index in [1.54, 1.807) is 4.90 Å². The first-order valence-electron chi connectivity index (χ1n) is 6.35. The predicted molar refractivity (Wildman–Crippen MR) is 62.3 cm³/mol. The molecule has 5 heteroatoms. The van der Waals surface area contributed by atoms with E-state index < -0.39 is 17.4 Å². The van der Waals surface area contributed by atoms with Crippen molar-refractivity contribution in [2.75, 3.05) is 13.1 Å².